The maximum absolute atomic E-state index is 14.8. The van der Waals surface area contributed by atoms with Crippen LogP contribution in [0, 0.1) is 11.8 Å². The minimum absolute atomic E-state index is 0.0147. The first-order valence-corrected chi connectivity index (χ1v) is 16.7. The molecule has 9 nitrogen and oxygen atoms in total. The first-order chi connectivity index (χ1) is 22.6. The number of para-hydroxylation sites is 1. The van der Waals surface area contributed by atoms with E-state index in [1.165, 1.54) is 0 Å². The van der Waals surface area contributed by atoms with E-state index in [0.717, 1.165) is 28.4 Å². The van der Waals surface area contributed by atoms with Gasteiger partial charge in [0.05, 0.1) is 13.2 Å². The number of benzene rings is 3. The van der Waals surface area contributed by atoms with Crippen molar-refractivity contribution in [1.82, 2.24) is 10.0 Å². The second kappa shape index (κ2) is 14.7. The largest absolute Gasteiger partial charge is 0.459 e. The molecule has 5 atom stereocenters. The Morgan fingerprint density at radius 1 is 0.809 bits per heavy atom. The van der Waals surface area contributed by atoms with Gasteiger partial charge in [0.25, 0.3) is 0 Å². The highest BCUT2D eigenvalue weighted by Gasteiger charge is 2.57. The molecule has 5 rings (SSSR count). The van der Waals surface area contributed by atoms with Crippen LogP contribution < -0.4 is 4.90 Å². The zero-order valence-electron chi connectivity index (χ0n) is 27.7. The van der Waals surface area contributed by atoms with E-state index in [0.29, 0.717) is 28.6 Å². The summed E-state index contributed by atoms with van der Waals surface area (Å²) in [7, 11) is 0. The van der Waals surface area contributed by atoms with E-state index in [9.17, 15) is 14.4 Å². The zero-order chi connectivity index (χ0) is 33.7. The normalized spacial score (nSPS) is 22.9. The third-order valence-electron chi connectivity index (χ3n) is 9.33. The second-order valence-electron chi connectivity index (χ2n) is 12.7. The van der Waals surface area contributed by atoms with Crippen LogP contribution in [-0.4, -0.2) is 53.7 Å². The Kier molecular flexibility index (Phi) is 10.6. The monoisotopic (exact) mass is 661 g/mol. The van der Waals surface area contributed by atoms with Gasteiger partial charge in [0.2, 0.25) is 6.17 Å². The number of carbonyl (C=O) groups is 3. The number of halogens is 1. The van der Waals surface area contributed by atoms with Crippen LogP contribution in [-0.2, 0) is 24.4 Å². The standard InChI is InChI=1S/C37H44ClN3O6/c1-6-45-35(43)40-32(26-19-21-28(38)22-20-26)39(29-16-12-9-13-17-29)33(41(40)36(44)46-7-2)34(42)47-31-24-25(3)18-23-30(31)37(4,5)27-14-10-8-11-15-27/h8-17,19-22,25,30-33H,6-7,18,23-24H2,1-5H3/t25-,30-,31-,32?,33?/m1/s1. The molecule has 3 aromatic carbocycles. The van der Waals surface area contributed by atoms with Crippen molar-refractivity contribution in [3.63, 3.8) is 0 Å². The first kappa shape index (κ1) is 34.1. The number of rotatable bonds is 8. The molecule has 2 fully saturated rings. The Bertz CT molecular complexity index is 1520. The van der Waals surface area contributed by atoms with Gasteiger partial charge < -0.3 is 19.1 Å². The molecule has 2 aliphatic rings. The van der Waals surface area contributed by atoms with Crippen LogP contribution in [0.15, 0.2) is 84.9 Å². The molecular formula is C37H44ClN3O6. The molecule has 0 bridgehead atoms. The summed E-state index contributed by atoms with van der Waals surface area (Å²) in [6, 6.07) is 26.4. The molecule has 250 valence electrons. The summed E-state index contributed by atoms with van der Waals surface area (Å²) < 4.78 is 17.5. The first-order valence-electron chi connectivity index (χ1n) is 16.3. The number of hydrogen-bond acceptors (Lipinski definition) is 7. The molecule has 0 N–H and O–H groups in total. The van der Waals surface area contributed by atoms with Gasteiger partial charge in [-0.05, 0) is 73.4 Å². The predicted octanol–water partition coefficient (Wildman–Crippen LogP) is 8.34. The van der Waals surface area contributed by atoms with Crippen molar-refractivity contribution >= 4 is 35.4 Å². The molecule has 1 saturated carbocycles. The maximum Gasteiger partial charge on any atom is 0.431 e. The fraction of sp³-hybridized carbons (Fsp3) is 0.432. The van der Waals surface area contributed by atoms with Crippen LogP contribution in [0.25, 0.3) is 0 Å². The molecule has 47 heavy (non-hydrogen) atoms. The van der Waals surface area contributed by atoms with E-state index in [1.807, 2.05) is 48.5 Å². The van der Waals surface area contributed by atoms with Crippen LogP contribution in [0.2, 0.25) is 5.02 Å². The molecule has 0 spiro atoms. The van der Waals surface area contributed by atoms with Gasteiger partial charge in [-0.1, -0.05) is 99.5 Å². The molecule has 10 heteroatoms. The van der Waals surface area contributed by atoms with Crippen molar-refractivity contribution in [2.45, 2.75) is 77.7 Å². The topological polar surface area (TPSA) is 88.6 Å². The molecule has 1 aliphatic heterocycles. The van der Waals surface area contributed by atoms with Crippen molar-refractivity contribution in [2.24, 2.45) is 11.8 Å². The lowest BCUT2D eigenvalue weighted by Gasteiger charge is -2.44. The Hall–Kier alpha value is -4.24. The summed E-state index contributed by atoms with van der Waals surface area (Å²) in [6.45, 7) is 9.98. The minimum Gasteiger partial charge on any atom is -0.459 e. The molecule has 1 aliphatic carbocycles. The molecule has 1 heterocycles. The van der Waals surface area contributed by atoms with Gasteiger partial charge in [-0.3, -0.25) is 0 Å². The SMILES string of the molecule is CCOC(=O)N1C(C(=O)O[C@@H]2C[C@H](C)CC[C@H]2C(C)(C)c2ccccc2)N(c2ccccc2)C(c2ccc(Cl)cc2)N1C(=O)OCC. The van der Waals surface area contributed by atoms with Crippen LogP contribution in [0.1, 0.15) is 71.2 Å². The van der Waals surface area contributed by atoms with E-state index in [4.69, 9.17) is 25.8 Å². The number of anilines is 1. The molecule has 0 radical (unpaired) electrons. The fourth-order valence-electron chi connectivity index (χ4n) is 6.97. The predicted molar refractivity (Wildman–Crippen MR) is 180 cm³/mol. The van der Waals surface area contributed by atoms with Crippen molar-refractivity contribution in [3.05, 3.63) is 101 Å². The number of carbonyl (C=O) groups excluding carboxylic acids is 3. The van der Waals surface area contributed by atoms with Crippen LogP contribution in [0.3, 0.4) is 0 Å². The van der Waals surface area contributed by atoms with Crippen molar-refractivity contribution in [1.29, 1.82) is 0 Å². The third-order valence-corrected chi connectivity index (χ3v) is 9.58. The number of hydrogen-bond donors (Lipinski definition) is 0. The number of amides is 2. The fourth-order valence-corrected chi connectivity index (χ4v) is 7.09. The van der Waals surface area contributed by atoms with Gasteiger partial charge in [-0.25, -0.2) is 14.4 Å². The molecule has 2 unspecified atom stereocenters. The average Bonchev–Trinajstić information content (AvgIpc) is 3.43. The molecule has 3 aromatic rings. The van der Waals surface area contributed by atoms with Crippen molar-refractivity contribution in [2.75, 3.05) is 18.1 Å². The van der Waals surface area contributed by atoms with Crippen LogP contribution in [0.4, 0.5) is 15.3 Å². The molecule has 1 saturated heterocycles. The molecule has 0 aromatic heterocycles. The van der Waals surface area contributed by atoms with E-state index in [2.05, 4.69) is 32.9 Å². The van der Waals surface area contributed by atoms with Crippen molar-refractivity contribution < 1.29 is 28.6 Å². The highest BCUT2D eigenvalue weighted by Crippen LogP contribution is 2.46. The van der Waals surface area contributed by atoms with Gasteiger partial charge in [-0.2, -0.15) is 10.0 Å². The van der Waals surface area contributed by atoms with Crippen molar-refractivity contribution in [3.8, 4) is 0 Å². The van der Waals surface area contributed by atoms with Gasteiger partial charge >= 0.3 is 18.2 Å². The van der Waals surface area contributed by atoms with Gasteiger partial charge in [0.15, 0.2) is 6.17 Å². The number of ether oxygens (including phenoxy) is 3. The molecular weight excluding hydrogens is 618 g/mol. The quantitative estimate of drug-likeness (QED) is 0.177. The van der Waals surface area contributed by atoms with E-state index in [1.54, 1.807) is 43.0 Å². The summed E-state index contributed by atoms with van der Waals surface area (Å²) in [4.78, 5) is 44.1. The number of nitrogens with zero attached hydrogens (tertiary/aromatic N) is 3. The summed E-state index contributed by atoms with van der Waals surface area (Å²) in [5.74, 6) is -0.315. The summed E-state index contributed by atoms with van der Waals surface area (Å²) in [6.07, 6.45) is -1.93. The Labute approximate surface area is 282 Å². The van der Waals surface area contributed by atoms with Gasteiger partial charge in [-0.15, -0.1) is 0 Å². The minimum atomic E-state index is -1.39. The highest BCUT2D eigenvalue weighted by atomic mass is 35.5. The van der Waals surface area contributed by atoms with Gasteiger partial charge in [0, 0.05) is 16.6 Å². The number of hydrazine groups is 1. The lowest BCUT2D eigenvalue weighted by atomic mass is 9.64. The Balaban J connectivity index is 1.63. The van der Waals surface area contributed by atoms with Crippen LogP contribution >= 0.6 is 11.6 Å². The Morgan fingerprint density at radius 3 is 1.98 bits per heavy atom. The lowest BCUT2D eigenvalue weighted by Crippen LogP contribution is -2.54. The molecule has 2 amide bonds. The number of esters is 1. The van der Waals surface area contributed by atoms with E-state index in [-0.39, 0.29) is 24.5 Å². The van der Waals surface area contributed by atoms with E-state index >= 15 is 0 Å². The zero-order valence-corrected chi connectivity index (χ0v) is 28.4. The lowest BCUT2D eigenvalue weighted by molar-refractivity contribution is -0.164. The summed E-state index contributed by atoms with van der Waals surface area (Å²) >= 11 is 6.26. The summed E-state index contributed by atoms with van der Waals surface area (Å²) in [5, 5.41) is 2.69. The highest BCUT2D eigenvalue weighted by molar-refractivity contribution is 6.30. The summed E-state index contributed by atoms with van der Waals surface area (Å²) in [5.41, 5.74) is 2.06. The average molecular weight is 662 g/mol. The van der Waals surface area contributed by atoms with Gasteiger partial charge in [0.1, 0.15) is 6.10 Å². The van der Waals surface area contributed by atoms with Crippen LogP contribution in [0.5, 0.6) is 0 Å². The Morgan fingerprint density at radius 2 is 1.38 bits per heavy atom. The van der Waals surface area contributed by atoms with E-state index < -0.39 is 36.6 Å². The smallest absolute Gasteiger partial charge is 0.431 e. The second-order valence-corrected chi connectivity index (χ2v) is 13.2. The maximum atomic E-state index is 14.8. The third kappa shape index (κ3) is 7.05.